The Morgan fingerprint density at radius 2 is 1.71 bits per heavy atom. The third-order valence-corrected chi connectivity index (χ3v) is 4.88. The van der Waals surface area contributed by atoms with Gasteiger partial charge in [0.15, 0.2) is 11.5 Å². The lowest BCUT2D eigenvalue weighted by Crippen LogP contribution is -2.08. The average Bonchev–Trinajstić information content (AvgIpc) is 2.78. The molecule has 0 unspecified atom stereocenters. The molecule has 3 aromatic rings. The van der Waals surface area contributed by atoms with Crippen molar-refractivity contribution in [3.63, 3.8) is 0 Å². The number of nitrogen functional groups attached to an aromatic ring is 1. The smallest absolute Gasteiger partial charge is 0.382 e. The molecule has 0 spiro atoms. The van der Waals surface area contributed by atoms with Crippen LogP contribution in [0.1, 0.15) is 27.9 Å². The number of halogens is 3. The molecule has 0 amide bonds. The zero-order valence-corrected chi connectivity index (χ0v) is 17.8. The van der Waals surface area contributed by atoms with E-state index in [1.54, 1.807) is 30.3 Å². The van der Waals surface area contributed by atoms with E-state index < -0.39 is 38.6 Å². The van der Waals surface area contributed by atoms with Gasteiger partial charge in [-0.3, -0.25) is 20.2 Å². The fourth-order valence-electron chi connectivity index (χ4n) is 3.24. The van der Waals surface area contributed by atoms with Crippen LogP contribution in [0.4, 0.5) is 41.7 Å². The molecule has 2 N–H and O–H groups in total. The van der Waals surface area contributed by atoms with Crippen molar-refractivity contribution >= 4 is 28.6 Å². The lowest BCUT2D eigenvalue weighted by Gasteiger charge is -2.12. The SMILES string of the molecule is Cc1c(C#N)c(Cc2ccccc2)nc(N)c1N=Nc1c([N+](=O)[O-])cc([N+](=O)[O-])cc1C(F)(F)F. The van der Waals surface area contributed by atoms with Crippen LogP contribution in [0.25, 0.3) is 0 Å². The lowest BCUT2D eigenvalue weighted by molar-refractivity contribution is -0.394. The van der Waals surface area contributed by atoms with Gasteiger partial charge in [-0.25, -0.2) is 4.98 Å². The summed E-state index contributed by atoms with van der Waals surface area (Å²) in [6, 6.07) is 11.4. The fraction of sp³-hybridized carbons (Fsp3) is 0.143. The van der Waals surface area contributed by atoms with Crippen LogP contribution in [-0.2, 0) is 12.6 Å². The van der Waals surface area contributed by atoms with E-state index >= 15 is 0 Å². The first kappa shape index (κ1) is 24.7. The first-order chi connectivity index (χ1) is 16.4. The summed E-state index contributed by atoms with van der Waals surface area (Å²) in [5.41, 5.74) is 1.59. The number of pyridine rings is 1. The molecule has 178 valence electrons. The van der Waals surface area contributed by atoms with Crippen LogP contribution < -0.4 is 5.73 Å². The number of nitro groups is 2. The summed E-state index contributed by atoms with van der Waals surface area (Å²) in [7, 11) is 0. The van der Waals surface area contributed by atoms with E-state index in [4.69, 9.17) is 5.73 Å². The van der Waals surface area contributed by atoms with Gasteiger partial charge in [0.05, 0.1) is 32.7 Å². The molecule has 14 heteroatoms. The van der Waals surface area contributed by atoms with Crippen LogP contribution in [0, 0.1) is 38.5 Å². The largest absolute Gasteiger partial charge is 0.419 e. The van der Waals surface area contributed by atoms with Crippen molar-refractivity contribution in [2.75, 3.05) is 5.73 Å². The molecule has 0 atom stereocenters. The van der Waals surface area contributed by atoms with Gasteiger partial charge in [-0.1, -0.05) is 30.3 Å². The maximum absolute atomic E-state index is 13.6. The summed E-state index contributed by atoms with van der Waals surface area (Å²) >= 11 is 0. The molecule has 1 heterocycles. The molecule has 0 saturated carbocycles. The van der Waals surface area contributed by atoms with Gasteiger partial charge in [-0.2, -0.15) is 18.4 Å². The van der Waals surface area contributed by atoms with Gasteiger partial charge in [0.25, 0.3) is 5.69 Å². The summed E-state index contributed by atoms with van der Waals surface area (Å²) in [6.07, 6.45) is -4.99. The number of aromatic nitrogens is 1. The van der Waals surface area contributed by atoms with Gasteiger partial charge in [0.2, 0.25) is 0 Å². The standard InChI is InChI=1S/C21H14F3N7O4/c1-11-14(10-25)16(7-12-5-3-2-4-6-12)27-20(26)18(11)28-29-19-15(21(22,23)24)8-13(30(32)33)9-17(19)31(34)35/h2-6,8-9H,7H2,1H3,(H2,26,27). The van der Waals surface area contributed by atoms with Crippen molar-refractivity contribution in [1.82, 2.24) is 4.98 Å². The van der Waals surface area contributed by atoms with E-state index in [1.807, 2.05) is 6.07 Å². The normalized spacial score (nSPS) is 11.4. The van der Waals surface area contributed by atoms with Crippen LogP contribution in [0.3, 0.4) is 0 Å². The Kier molecular flexibility index (Phi) is 6.72. The van der Waals surface area contributed by atoms with Gasteiger partial charge in [0, 0.05) is 12.5 Å². The quantitative estimate of drug-likeness (QED) is 0.265. The maximum atomic E-state index is 13.6. The first-order valence-corrected chi connectivity index (χ1v) is 9.62. The van der Waals surface area contributed by atoms with Crippen LogP contribution in [0.15, 0.2) is 52.7 Å². The predicted octanol–water partition coefficient (Wildman–Crippen LogP) is 5.69. The number of hydrogen-bond acceptors (Lipinski definition) is 9. The van der Waals surface area contributed by atoms with E-state index in [0.29, 0.717) is 11.8 Å². The highest BCUT2D eigenvalue weighted by Gasteiger charge is 2.40. The summed E-state index contributed by atoms with van der Waals surface area (Å²) in [5, 5.41) is 39.0. The van der Waals surface area contributed by atoms with E-state index in [1.165, 1.54) is 6.92 Å². The lowest BCUT2D eigenvalue weighted by atomic mass is 10.0. The number of nitriles is 1. The average molecular weight is 485 g/mol. The summed E-state index contributed by atoms with van der Waals surface area (Å²) < 4.78 is 40.7. The van der Waals surface area contributed by atoms with Crippen molar-refractivity contribution in [2.45, 2.75) is 19.5 Å². The minimum Gasteiger partial charge on any atom is -0.382 e. The zero-order valence-electron chi connectivity index (χ0n) is 17.8. The summed E-state index contributed by atoms with van der Waals surface area (Å²) in [4.78, 5) is 24.0. The predicted molar refractivity (Wildman–Crippen MR) is 116 cm³/mol. The summed E-state index contributed by atoms with van der Waals surface area (Å²) in [6.45, 7) is 1.42. The molecule has 3 rings (SSSR count). The second-order valence-electron chi connectivity index (χ2n) is 7.14. The number of alkyl halides is 3. The topological polar surface area (TPSA) is 174 Å². The van der Waals surface area contributed by atoms with Crippen molar-refractivity contribution in [3.8, 4) is 6.07 Å². The minimum atomic E-state index is -5.22. The van der Waals surface area contributed by atoms with E-state index in [0.717, 1.165) is 5.56 Å². The Bertz CT molecular complexity index is 1400. The molecule has 0 aliphatic rings. The first-order valence-electron chi connectivity index (χ1n) is 9.62. The highest BCUT2D eigenvalue weighted by atomic mass is 19.4. The van der Waals surface area contributed by atoms with Gasteiger partial charge in [0.1, 0.15) is 11.8 Å². The van der Waals surface area contributed by atoms with E-state index in [9.17, 15) is 38.7 Å². The number of nitrogens with zero attached hydrogens (tertiary/aromatic N) is 6. The Balaban J connectivity index is 2.17. The molecule has 0 saturated heterocycles. The van der Waals surface area contributed by atoms with E-state index in [2.05, 4.69) is 15.2 Å². The highest BCUT2D eigenvalue weighted by molar-refractivity contribution is 5.70. The fourth-order valence-corrected chi connectivity index (χ4v) is 3.24. The van der Waals surface area contributed by atoms with Crippen LogP contribution >= 0.6 is 0 Å². The molecule has 0 fully saturated rings. The minimum absolute atomic E-state index is 0.0613. The Morgan fingerprint density at radius 1 is 1.09 bits per heavy atom. The molecule has 2 aromatic carbocycles. The molecule has 35 heavy (non-hydrogen) atoms. The molecule has 1 aromatic heterocycles. The Labute approximate surface area is 194 Å². The molecule has 11 nitrogen and oxygen atoms in total. The monoisotopic (exact) mass is 485 g/mol. The van der Waals surface area contributed by atoms with E-state index in [-0.39, 0.29) is 35.1 Å². The number of azo groups is 1. The summed E-state index contributed by atoms with van der Waals surface area (Å²) in [5.74, 6) is -0.269. The molecular formula is C21H14F3N7O4. The highest BCUT2D eigenvalue weighted by Crippen LogP contribution is 2.45. The maximum Gasteiger partial charge on any atom is 0.419 e. The van der Waals surface area contributed by atoms with Gasteiger partial charge in [-0.05, 0) is 18.1 Å². The third kappa shape index (κ3) is 5.19. The number of anilines is 1. The molecule has 0 aliphatic heterocycles. The Hall–Kier alpha value is -4.93. The van der Waals surface area contributed by atoms with Crippen LogP contribution in [0.5, 0.6) is 0 Å². The molecule has 0 bridgehead atoms. The van der Waals surface area contributed by atoms with Crippen molar-refractivity contribution in [1.29, 1.82) is 5.26 Å². The number of nitro benzene ring substituents is 2. The van der Waals surface area contributed by atoms with Crippen molar-refractivity contribution in [3.05, 3.63) is 90.6 Å². The number of nitrogens with two attached hydrogens (primary N) is 1. The second-order valence-corrected chi connectivity index (χ2v) is 7.14. The molecule has 0 aliphatic carbocycles. The number of rotatable bonds is 6. The Morgan fingerprint density at radius 3 is 2.26 bits per heavy atom. The van der Waals surface area contributed by atoms with Gasteiger partial charge in [-0.15, -0.1) is 10.2 Å². The number of non-ortho nitro benzene ring substituents is 1. The van der Waals surface area contributed by atoms with Crippen molar-refractivity contribution < 1.29 is 23.0 Å². The number of benzene rings is 2. The van der Waals surface area contributed by atoms with Crippen molar-refractivity contribution in [2.24, 2.45) is 10.2 Å². The third-order valence-electron chi connectivity index (χ3n) is 4.88. The van der Waals surface area contributed by atoms with Crippen LogP contribution in [0.2, 0.25) is 0 Å². The molecular weight excluding hydrogens is 471 g/mol. The number of hydrogen-bond donors (Lipinski definition) is 1. The zero-order chi connectivity index (χ0) is 25.9. The second kappa shape index (κ2) is 9.51. The molecule has 0 radical (unpaired) electrons. The van der Waals surface area contributed by atoms with Crippen LogP contribution in [-0.4, -0.2) is 14.8 Å². The van der Waals surface area contributed by atoms with Gasteiger partial charge >= 0.3 is 11.9 Å². The van der Waals surface area contributed by atoms with Gasteiger partial charge < -0.3 is 5.73 Å².